The maximum Gasteiger partial charge on any atom is 0.253 e. The largest absolute Gasteiger partial charge is 0.399 e. The van der Waals surface area contributed by atoms with Crippen LogP contribution in [0.2, 0.25) is 0 Å². The second-order valence-electron chi connectivity index (χ2n) is 5.52. The molecule has 1 fully saturated rings. The summed E-state index contributed by atoms with van der Waals surface area (Å²) in [6, 6.07) is 3.93. The molecule has 94 valence electrons. The zero-order valence-electron chi connectivity index (χ0n) is 10.8. The van der Waals surface area contributed by atoms with Crippen LogP contribution in [0.25, 0.3) is 0 Å². The molecule has 1 aromatic rings. The van der Waals surface area contributed by atoms with E-state index in [0.717, 1.165) is 25.0 Å². The second-order valence-corrected chi connectivity index (χ2v) is 5.52. The van der Waals surface area contributed by atoms with Gasteiger partial charge in [-0.3, -0.25) is 4.79 Å². The molecule has 2 rings (SSSR count). The lowest BCUT2D eigenvalue weighted by molar-refractivity contribution is 0.468. The Morgan fingerprint density at radius 2 is 2.00 bits per heavy atom. The summed E-state index contributed by atoms with van der Waals surface area (Å²) in [6.45, 7) is 4.35. The second kappa shape index (κ2) is 4.94. The van der Waals surface area contributed by atoms with Crippen LogP contribution in [0.4, 0.5) is 5.69 Å². The Morgan fingerprint density at radius 1 is 1.35 bits per heavy atom. The first-order valence-corrected chi connectivity index (χ1v) is 6.59. The number of nitrogen functional groups attached to an aromatic ring is 1. The first-order valence-electron chi connectivity index (χ1n) is 6.59. The van der Waals surface area contributed by atoms with E-state index >= 15 is 0 Å². The molecule has 1 aromatic heterocycles. The van der Waals surface area contributed by atoms with Gasteiger partial charge in [0.25, 0.3) is 5.56 Å². The van der Waals surface area contributed by atoms with Gasteiger partial charge in [0.15, 0.2) is 0 Å². The van der Waals surface area contributed by atoms with Gasteiger partial charge in [0.05, 0.1) is 0 Å². The molecule has 0 saturated heterocycles. The van der Waals surface area contributed by atoms with Crippen LogP contribution < -0.4 is 11.3 Å². The van der Waals surface area contributed by atoms with Gasteiger partial charge in [0, 0.05) is 23.5 Å². The average Bonchev–Trinajstić information content (AvgIpc) is 2.68. The third-order valence-electron chi connectivity index (χ3n) is 3.48. The highest BCUT2D eigenvalue weighted by atomic mass is 16.1. The van der Waals surface area contributed by atoms with Gasteiger partial charge in [-0.25, -0.2) is 0 Å². The number of nitrogens with two attached hydrogens (primary N) is 1. The van der Waals surface area contributed by atoms with Crippen LogP contribution in [0, 0.1) is 5.92 Å². The zero-order valence-corrected chi connectivity index (χ0v) is 10.8. The Bertz CT molecular complexity index is 442. The van der Waals surface area contributed by atoms with Crippen molar-refractivity contribution in [1.29, 1.82) is 0 Å². The van der Waals surface area contributed by atoms with Crippen LogP contribution in [-0.4, -0.2) is 4.57 Å². The van der Waals surface area contributed by atoms with Gasteiger partial charge in [-0.05, 0) is 31.2 Å². The Hall–Kier alpha value is -1.25. The van der Waals surface area contributed by atoms with Gasteiger partial charge >= 0.3 is 0 Å². The van der Waals surface area contributed by atoms with Gasteiger partial charge in [-0.15, -0.1) is 0 Å². The number of aromatic nitrogens is 1. The predicted octanol–water partition coefficient (Wildman–Crippen LogP) is 2.74. The third kappa shape index (κ3) is 2.71. The SMILES string of the molecule is CC(C)Cc1cc(N)cc(=O)n1C1CCCC1. The molecule has 0 amide bonds. The molecular weight excluding hydrogens is 212 g/mol. The van der Waals surface area contributed by atoms with E-state index in [9.17, 15) is 4.79 Å². The highest BCUT2D eigenvalue weighted by molar-refractivity contribution is 5.38. The van der Waals surface area contributed by atoms with Crippen LogP contribution in [0.5, 0.6) is 0 Å². The van der Waals surface area contributed by atoms with E-state index in [1.807, 2.05) is 10.6 Å². The third-order valence-corrected chi connectivity index (χ3v) is 3.48. The number of hydrogen-bond donors (Lipinski definition) is 1. The zero-order chi connectivity index (χ0) is 12.4. The van der Waals surface area contributed by atoms with E-state index in [2.05, 4.69) is 13.8 Å². The summed E-state index contributed by atoms with van der Waals surface area (Å²) in [5.41, 5.74) is 7.57. The maximum absolute atomic E-state index is 12.1. The summed E-state index contributed by atoms with van der Waals surface area (Å²) in [5, 5.41) is 0. The summed E-state index contributed by atoms with van der Waals surface area (Å²) >= 11 is 0. The fraction of sp³-hybridized carbons (Fsp3) is 0.643. The van der Waals surface area contributed by atoms with Crippen LogP contribution in [-0.2, 0) is 6.42 Å². The average molecular weight is 234 g/mol. The highest BCUT2D eigenvalue weighted by Crippen LogP contribution is 2.30. The molecule has 1 aliphatic rings. The van der Waals surface area contributed by atoms with Crippen LogP contribution in [0.3, 0.4) is 0 Å². The quantitative estimate of drug-likeness (QED) is 0.874. The Kier molecular flexibility index (Phi) is 3.55. The molecule has 17 heavy (non-hydrogen) atoms. The van der Waals surface area contributed by atoms with E-state index in [1.165, 1.54) is 12.8 Å². The lowest BCUT2D eigenvalue weighted by Gasteiger charge is -2.20. The molecule has 0 bridgehead atoms. The molecule has 0 atom stereocenters. The number of nitrogens with zero attached hydrogens (tertiary/aromatic N) is 1. The lowest BCUT2D eigenvalue weighted by Crippen LogP contribution is -2.27. The van der Waals surface area contributed by atoms with Gasteiger partial charge < -0.3 is 10.3 Å². The van der Waals surface area contributed by atoms with E-state index < -0.39 is 0 Å². The lowest BCUT2D eigenvalue weighted by atomic mass is 10.1. The normalized spacial score (nSPS) is 16.9. The van der Waals surface area contributed by atoms with E-state index in [1.54, 1.807) is 6.07 Å². The molecule has 1 aliphatic carbocycles. The van der Waals surface area contributed by atoms with Gasteiger partial charge in [0.1, 0.15) is 0 Å². The van der Waals surface area contributed by atoms with Crippen molar-refractivity contribution >= 4 is 5.69 Å². The van der Waals surface area contributed by atoms with Gasteiger partial charge in [-0.1, -0.05) is 26.7 Å². The standard InChI is InChI=1S/C14H22N2O/c1-10(2)7-13-8-11(15)9-14(17)16(13)12-5-3-4-6-12/h8-10,12H,3-7,15H2,1-2H3. The van der Waals surface area contributed by atoms with Crippen molar-refractivity contribution in [2.45, 2.75) is 52.0 Å². The molecule has 0 spiro atoms. The molecule has 0 aromatic carbocycles. The molecule has 3 heteroatoms. The first-order chi connectivity index (χ1) is 8.08. The van der Waals surface area contributed by atoms with E-state index in [-0.39, 0.29) is 5.56 Å². The smallest absolute Gasteiger partial charge is 0.253 e. The first kappa shape index (κ1) is 12.2. The van der Waals surface area contributed by atoms with Crippen molar-refractivity contribution in [2.75, 3.05) is 5.73 Å². The summed E-state index contributed by atoms with van der Waals surface area (Å²) in [5.74, 6) is 0.545. The van der Waals surface area contributed by atoms with Crippen LogP contribution >= 0.6 is 0 Å². The number of hydrogen-bond acceptors (Lipinski definition) is 2. The van der Waals surface area contributed by atoms with Crippen molar-refractivity contribution < 1.29 is 0 Å². The van der Waals surface area contributed by atoms with Crippen LogP contribution in [0.1, 0.15) is 51.3 Å². The molecule has 1 saturated carbocycles. The molecule has 2 N–H and O–H groups in total. The fourth-order valence-corrected chi connectivity index (χ4v) is 2.81. The molecule has 0 radical (unpaired) electrons. The maximum atomic E-state index is 12.1. The minimum atomic E-state index is 0.0764. The van der Waals surface area contributed by atoms with Crippen molar-refractivity contribution in [2.24, 2.45) is 5.92 Å². The molecule has 3 nitrogen and oxygen atoms in total. The minimum Gasteiger partial charge on any atom is -0.399 e. The predicted molar refractivity (Wildman–Crippen MR) is 71.2 cm³/mol. The highest BCUT2D eigenvalue weighted by Gasteiger charge is 2.20. The summed E-state index contributed by atoms with van der Waals surface area (Å²) in [7, 11) is 0. The van der Waals surface area contributed by atoms with Crippen LogP contribution in [0.15, 0.2) is 16.9 Å². The molecular formula is C14H22N2O. The Morgan fingerprint density at radius 3 is 2.59 bits per heavy atom. The van der Waals surface area contributed by atoms with Crippen molar-refractivity contribution in [3.05, 3.63) is 28.2 Å². The van der Waals surface area contributed by atoms with Crippen molar-refractivity contribution in [3.8, 4) is 0 Å². The number of pyridine rings is 1. The van der Waals surface area contributed by atoms with E-state index in [4.69, 9.17) is 5.73 Å². The number of rotatable bonds is 3. The van der Waals surface area contributed by atoms with Crippen molar-refractivity contribution in [1.82, 2.24) is 4.57 Å². The number of anilines is 1. The molecule has 1 heterocycles. The molecule has 0 aliphatic heterocycles. The summed E-state index contributed by atoms with van der Waals surface area (Å²) < 4.78 is 1.99. The van der Waals surface area contributed by atoms with Gasteiger partial charge in [-0.2, -0.15) is 0 Å². The topological polar surface area (TPSA) is 48.0 Å². The minimum absolute atomic E-state index is 0.0764. The monoisotopic (exact) mass is 234 g/mol. The van der Waals surface area contributed by atoms with Gasteiger partial charge in [0.2, 0.25) is 0 Å². The fourth-order valence-electron chi connectivity index (χ4n) is 2.81. The Labute approximate surface area is 103 Å². The van der Waals surface area contributed by atoms with E-state index in [0.29, 0.717) is 17.6 Å². The molecule has 0 unspecified atom stereocenters. The summed E-state index contributed by atoms with van der Waals surface area (Å²) in [4.78, 5) is 12.1. The summed E-state index contributed by atoms with van der Waals surface area (Å²) in [6.07, 6.45) is 5.67. The van der Waals surface area contributed by atoms with Crippen molar-refractivity contribution in [3.63, 3.8) is 0 Å². The Balaban J connectivity index is 2.43.